The third kappa shape index (κ3) is 4.68. The number of hydrogen-bond acceptors (Lipinski definition) is 5. The number of hydrogen-bond donors (Lipinski definition) is 1. The lowest BCUT2D eigenvalue weighted by molar-refractivity contribution is 0.396. The number of nitrogens with zero attached hydrogens (tertiary/aromatic N) is 3. The number of nitrogens with one attached hydrogen (secondary N) is 1. The van der Waals surface area contributed by atoms with E-state index in [2.05, 4.69) is 41.4 Å². The molecule has 1 aromatic heterocycles. The van der Waals surface area contributed by atoms with Gasteiger partial charge in [-0.25, -0.2) is 0 Å². The van der Waals surface area contributed by atoms with E-state index < -0.39 is 0 Å². The third-order valence-electron chi connectivity index (χ3n) is 6.20. The zero-order valence-electron chi connectivity index (χ0n) is 19.9. The fraction of sp³-hybridized carbons (Fsp3) is 0.179. The SMILES string of the molecule is COc1ccc(CN2C(=S)NC(c3ccccc3)C(c3nc(-c4ccc(C)cc4)no3)=C2C)cc1. The normalized spacial score (nSPS) is 15.8. The molecule has 1 aliphatic heterocycles. The number of thiocarbonyl (C=S) groups is 1. The maximum atomic E-state index is 5.83. The molecule has 1 N–H and O–H groups in total. The van der Waals surface area contributed by atoms with Crippen LogP contribution in [0, 0.1) is 6.92 Å². The van der Waals surface area contributed by atoms with Crippen LogP contribution in [0.1, 0.15) is 35.5 Å². The summed E-state index contributed by atoms with van der Waals surface area (Å²) >= 11 is 5.82. The van der Waals surface area contributed by atoms with Crippen LogP contribution in [0.25, 0.3) is 17.0 Å². The van der Waals surface area contributed by atoms with Crippen molar-refractivity contribution in [2.45, 2.75) is 26.4 Å². The minimum absolute atomic E-state index is 0.206. The number of aryl methyl sites for hydroxylation is 1. The van der Waals surface area contributed by atoms with Crippen molar-refractivity contribution in [3.05, 3.63) is 107 Å². The number of methoxy groups -OCH3 is 1. The first-order valence-electron chi connectivity index (χ1n) is 11.4. The Labute approximate surface area is 210 Å². The van der Waals surface area contributed by atoms with E-state index in [1.54, 1.807) is 7.11 Å². The van der Waals surface area contributed by atoms with Gasteiger partial charge in [0.2, 0.25) is 5.82 Å². The van der Waals surface area contributed by atoms with Gasteiger partial charge in [-0.15, -0.1) is 0 Å². The van der Waals surface area contributed by atoms with E-state index in [1.807, 2.05) is 66.7 Å². The summed E-state index contributed by atoms with van der Waals surface area (Å²) in [6.45, 7) is 4.71. The lowest BCUT2D eigenvalue weighted by Crippen LogP contribution is -2.45. The van der Waals surface area contributed by atoms with Gasteiger partial charge < -0.3 is 19.5 Å². The Morgan fingerprint density at radius 3 is 2.37 bits per heavy atom. The molecule has 7 heteroatoms. The Hall–Kier alpha value is -3.97. The molecule has 6 nitrogen and oxygen atoms in total. The molecule has 2 heterocycles. The van der Waals surface area contributed by atoms with Crippen molar-refractivity contribution in [3.8, 4) is 17.1 Å². The molecule has 0 spiro atoms. The monoisotopic (exact) mass is 482 g/mol. The molecular formula is C28H26N4O2S. The van der Waals surface area contributed by atoms with Gasteiger partial charge in [-0.3, -0.25) is 0 Å². The highest BCUT2D eigenvalue weighted by molar-refractivity contribution is 7.80. The average Bonchev–Trinajstić information content (AvgIpc) is 3.37. The fourth-order valence-corrected chi connectivity index (χ4v) is 4.53. The molecular weight excluding hydrogens is 456 g/mol. The molecule has 0 saturated carbocycles. The van der Waals surface area contributed by atoms with E-state index in [1.165, 1.54) is 5.56 Å². The summed E-state index contributed by atoms with van der Waals surface area (Å²) in [6.07, 6.45) is 0. The van der Waals surface area contributed by atoms with Crippen molar-refractivity contribution in [2.75, 3.05) is 7.11 Å². The molecule has 0 amide bonds. The lowest BCUT2D eigenvalue weighted by Gasteiger charge is -2.37. The highest BCUT2D eigenvalue weighted by Crippen LogP contribution is 2.38. The summed E-state index contributed by atoms with van der Waals surface area (Å²) in [4.78, 5) is 6.86. The number of aromatic nitrogens is 2. The molecule has 176 valence electrons. The van der Waals surface area contributed by atoms with Crippen LogP contribution in [0.15, 0.2) is 89.1 Å². The highest BCUT2D eigenvalue weighted by Gasteiger charge is 2.34. The molecule has 0 radical (unpaired) electrons. The van der Waals surface area contributed by atoms with Crippen LogP contribution >= 0.6 is 12.2 Å². The maximum absolute atomic E-state index is 5.83. The third-order valence-corrected chi connectivity index (χ3v) is 6.53. The van der Waals surface area contributed by atoms with Gasteiger partial charge in [0.05, 0.1) is 18.7 Å². The van der Waals surface area contributed by atoms with Crippen molar-refractivity contribution in [1.82, 2.24) is 20.4 Å². The molecule has 3 aromatic carbocycles. The Morgan fingerprint density at radius 2 is 1.69 bits per heavy atom. The molecule has 35 heavy (non-hydrogen) atoms. The fourth-order valence-electron chi connectivity index (χ4n) is 4.21. The number of allylic oxidation sites excluding steroid dienone is 1. The molecule has 0 aliphatic carbocycles. The minimum atomic E-state index is -0.206. The Balaban J connectivity index is 1.56. The Bertz CT molecular complexity index is 1360. The number of rotatable bonds is 6. The van der Waals surface area contributed by atoms with Gasteiger partial charge >= 0.3 is 0 Å². The van der Waals surface area contributed by atoms with E-state index in [4.69, 9.17) is 26.5 Å². The van der Waals surface area contributed by atoms with Crippen LogP contribution in [-0.4, -0.2) is 27.3 Å². The zero-order chi connectivity index (χ0) is 24.4. The van der Waals surface area contributed by atoms with E-state index in [0.29, 0.717) is 23.4 Å². The molecule has 1 atom stereocenters. The summed E-state index contributed by atoms with van der Waals surface area (Å²) in [5.41, 5.74) is 6.15. The summed E-state index contributed by atoms with van der Waals surface area (Å²) < 4.78 is 11.1. The van der Waals surface area contributed by atoms with E-state index in [9.17, 15) is 0 Å². The van der Waals surface area contributed by atoms with Crippen molar-refractivity contribution < 1.29 is 9.26 Å². The second-order valence-electron chi connectivity index (χ2n) is 8.52. The molecule has 0 fully saturated rings. The Morgan fingerprint density at radius 1 is 0.971 bits per heavy atom. The summed E-state index contributed by atoms with van der Waals surface area (Å²) in [5, 5.41) is 8.44. The minimum Gasteiger partial charge on any atom is -0.497 e. The van der Waals surface area contributed by atoms with Crippen LogP contribution in [0.3, 0.4) is 0 Å². The van der Waals surface area contributed by atoms with Crippen molar-refractivity contribution in [3.63, 3.8) is 0 Å². The van der Waals surface area contributed by atoms with Crippen LogP contribution in [0.2, 0.25) is 0 Å². The molecule has 1 aliphatic rings. The molecule has 4 aromatic rings. The first-order chi connectivity index (χ1) is 17.0. The number of benzene rings is 3. The quantitative estimate of drug-likeness (QED) is 0.343. The molecule has 1 unspecified atom stereocenters. The van der Waals surface area contributed by atoms with Crippen LogP contribution in [0.5, 0.6) is 5.75 Å². The summed E-state index contributed by atoms with van der Waals surface area (Å²) in [7, 11) is 1.66. The van der Waals surface area contributed by atoms with Gasteiger partial charge in [-0.05, 0) is 49.3 Å². The van der Waals surface area contributed by atoms with Crippen molar-refractivity contribution in [1.29, 1.82) is 0 Å². The van der Waals surface area contributed by atoms with E-state index in [-0.39, 0.29) is 6.04 Å². The van der Waals surface area contributed by atoms with Gasteiger partial charge in [-0.2, -0.15) is 4.98 Å². The first kappa shape index (κ1) is 22.8. The molecule has 0 bridgehead atoms. The topological polar surface area (TPSA) is 63.4 Å². The number of ether oxygens (including phenoxy) is 1. The zero-order valence-corrected chi connectivity index (χ0v) is 20.7. The largest absolute Gasteiger partial charge is 0.497 e. The van der Waals surface area contributed by atoms with E-state index in [0.717, 1.165) is 33.7 Å². The predicted octanol–water partition coefficient (Wildman–Crippen LogP) is 5.92. The Kier molecular flexibility index (Phi) is 6.33. The van der Waals surface area contributed by atoms with E-state index >= 15 is 0 Å². The second kappa shape index (κ2) is 9.72. The van der Waals surface area contributed by atoms with Crippen molar-refractivity contribution in [2.24, 2.45) is 0 Å². The van der Waals surface area contributed by atoms with Gasteiger partial charge in [-0.1, -0.05) is 77.5 Å². The van der Waals surface area contributed by atoms with Gasteiger partial charge in [0, 0.05) is 17.8 Å². The standard InChI is InChI=1S/C28H26N4O2S/c1-18-9-13-22(14-10-18)26-30-27(34-31-26)24-19(2)32(17-20-11-15-23(33-3)16-12-20)28(35)29-25(24)21-7-5-4-6-8-21/h4-16,25H,17H2,1-3H3,(H,29,35). The van der Waals surface area contributed by atoms with Gasteiger partial charge in [0.15, 0.2) is 5.11 Å². The summed E-state index contributed by atoms with van der Waals surface area (Å²) in [5.74, 6) is 1.85. The second-order valence-corrected chi connectivity index (χ2v) is 8.90. The maximum Gasteiger partial charge on any atom is 0.258 e. The summed E-state index contributed by atoms with van der Waals surface area (Å²) in [6, 6.07) is 26.1. The molecule has 5 rings (SSSR count). The van der Waals surface area contributed by atoms with Gasteiger partial charge in [0.25, 0.3) is 5.89 Å². The predicted molar refractivity (Wildman–Crippen MR) is 141 cm³/mol. The van der Waals surface area contributed by atoms with Crippen molar-refractivity contribution >= 4 is 22.9 Å². The van der Waals surface area contributed by atoms with Crippen LogP contribution in [0.4, 0.5) is 0 Å². The van der Waals surface area contributed by atoms with Gasteiger partial charge in [0.1, 0.15) is 5.75 Å². The smallest absolute Gasteiger partial charge is 0.258 e. The lowest BCUT2D eigenvalue weighted by atomic mass is 9.94. The molecule has 0 saturated heterocycles. The first-order valence-corrected chi connectivity index (χ1v) is 11.8. The van der Waals surface area contributed by atoms with Crippen LogP contribution < -0.4 is 10.1 Å². The van der Waals surface area contributed by atoms with Crippen LogP contribution in [-0.2, 0) is 6.54 Å². The average molecular weight is 483 g/mol. The highest BCUT2D eigenvalue weighted by atomic mass is 32.1.